The maximum Gasteiger partial charge on any atom is 0.416 e. The molecule has 2 aromatic heterocycles. The highest BCUT2D eigenvalue weighted by atomic mass is 32.1. The number of carbonyl (C=O) groups is 1. The van der Waals surface area contributed by atoms with Crippen LogP contribution in [0.15, 0.2) is 60.0 Å². The van der Waals surface area contributed by atoms with E-state index >= 15 is 0 Å². The third-order valence-corrected chi connectivity index (χ3v) is 5.96. The van der Waals surface area contributed by atoms with E-state index in [0.717, 1.165) is 41.0 Å². The summed E-state index contributed by atoms with van der Waals surface area (Å²) in [7, 11) is 0. The predicted molar refractivity (Wildman–Crippen MR) is 123 cm³/mol. The van der Waals surface area contributed by atoms with Crippen molar-refractivity contribution in [3.8, 4) is 0 Å². The van der Waals surface area contributed by atoms with Crippen molar-refractivity contribution in [2.45, 2.75) is 25.1 Å². The number of rotatable bonds is 6. The minimum absolute atomic E-state index is 0.0785. The van der Waals surface area contributed by atoms with Gasteiger partial charge in [-0.3, -0.25) is 4.79 Å². The standard InChI is InChI=1S/C23H18F3N5OS/c24-23(25,26)14-4-1-3-13(11-14)21(32)28-16-5-2-6-17(12-16)29-22-30-18-9-10-33-19(18)20(31-22)27-15-7-8-15/h1-6,9-12,15H,7-8H2,(H,28,32)(H2,27,29,30,31). The van der Waals surface area contributed by atoms with Crippen LogP contribution in [0.1, 0.15) is 28.8 Å². The van der Waals surface area contributed by atoms with Crippen LogP contribution in [-0.2, 0) is 6.18 Å². The molecule has 3 N–H and O–H groups in total. The molecule has 33 heavy (non-hydrogen) atoms. The molecule has 0 spiro atoms. The van der Waals surface area contributed by atoms with Gasteiger partial charge in [0.25, 0.3) is 5.91 Å². The largest absolute Gasteiger partial charge is 0.416 e. The van der Waals surface area contributed by atoms with Crippen LogP contribution >= 0.6 is 11.3 Å². The third kappa shape index (κ3) is 4.90. The van der Waals surface area contributed by atoms with Crippen LogP contribution in [0.2, 0.25) is 0 Å². The van der Waals surface area contributed by atoms with E-state index < -0.39 is 17.6 Å². The van der Waals surface area contributed by atoms with Crippen LogP contribution in [0.3, 0.4) is 0 Å². The molecule has 6 nitrogen and oxygen atoms in total. The minimum Gasteiger partial charge on any atom is -0.366 e. The number of hydrogen-bond acceptors (Lipinski definition) is 6. The van der Waals surface area contributed by atoms with Gasteiger partial charge in [0.05, 0.1) is 15.8 Å². The summed E-state index contributed by atoms with van der Waals surface area (Å²) in [6.45, 7) is 0. The zero-order valence-corrected chi connectivity index (χ0v) is 17.9. The van der Waals surface area contributed by atoms with Gasteiger partial charge in [-0.2, -0.15) is 18.2 Å². The number of nitrogens with zero attached hydrogens (tertiary/aromatic N) is 2. The van der Waals surface area contributed by atoms with E-state index in [9.17, 15) is 18.0 Å². The van der Waals surface area contributed by atoms with Gasteiger partial charge in [0.1, 0.15) is 5.82 Å². The number of thiophene rings is 1. The Hall–Kier alpha value is -3.66. The second-order valence-corrected chi connectivity index (χ2v) is 8.60. The molecule has 0 atom stereocenters. The monoisotopic (exact) mass is 469 g/mol. The molecule has 0 unspecified atom stereocenters. The molecule has 168 valence electrons. The van der Waals surface area contributed by atoms with Crippen LogP contribution in [0.25, 0.3) is 10.2 Å². The second kappa shape index (κ2) is 8.36. The number of aromatic nitrogens is 2. The van der Waals surface area contributed by atoms with Gasteiger partial charge in [-0.05, 0) is 60.7 Å². The van der Waals surface area contributed by atoms with Crippen LogP contribution in [-0.4, -0.2) is 21.9 Å². The number of anilines is 4. The zero-order valence-electron chi connectivity index (χ0n) is 17.1. The van der Waals surface area contributed by atoms with Crippen molar-refractivity contribution in [3.05, 3.63) is 71.1 Å². The molecule has 2 heterocycles. The van der Waals surface area contributed by atoms with Crippen molar-refractivity contribution in [1.82, 2.24) is 9.97 Å². The highest BCUT2D eigenvalue weighted by molar-refractivity contribution is 7.17. The van der Waals surface area contributed by atoms with Gasteiger partial charge in [0, 0.05) is 23.0 Å². The molecule has 1 aliphatic rings. The van der Waals surface area contributed by atoms with Crippen LogP contribution in [0.5, 0.6) is 0 Å². The van der Waals surface area contributed by atoms with E-state index in [4.69, 9.17) is 0 Å². The molecule has 1 aliphatic carbocycles. The topological polar surface area (TPSA) is 78.9 Å². The molecule has 2 aromatic carbocycles. The summed E-state index contributed by atoms with van der Waals surface area (Å²) < 4.78 is 39.8. The van der Waals surface area contributed by atoms with Crippen LogP contribution in [0, 0.1) is 0 Å². The first-order valence-corrected chi connectivity index (χ1v) is 11.1. The number of hydrogen-bond donors (Lipinski definition) is 3. The van der Waals surface area contributed by atoms with E-state index in [1.54, 1.807) is 35.6 Å². The average molecular weight is 469 g/mol. The molecule has 0 saturated heterocycles. The first-order valence-electron chi connectivity index (χ1n) is 10.2. The Morgan fingerprint density at radius 1 is 1.00 bits per heavy atom. The SMILES string of the molecule is O=C(Nc1cccc(Nc2nc(NC3CC3)c3sccc3n2)c1)c1cccc(C(F)(F)F)c1. The highest BCUT2D eigenvalue weighted by Gasteiger charge is 2.31. The Balaban J connectivity index is 1.34. The number of carbonyl (C=O) groups excluding carboxylic acids is 1. The van der Waals surface area contributed by atoms with Gasteiger partial charge in [-0.1, -0.05) is 12.1 Å². The quantitative estimate of drug-likeness (QED) is 0.310. The van der Waals surface area contributed by atoms with Crippen molar-refractivity contribution in [3.63, 3.8) is 0 Å². The van der Waals surface area contributed by atoms with Crippen molar-refractivity contribution in [1.29, 1.82) is 0 Å². The summed E-state index contributed by atoms with van der Waals surface area (Å²) >= 11 is 1.58. The van der Waals surface area contributed by atoms with Gasteiger partial charge < -0.3 is 16.0 Å². The van der Waals surface area contributed by atoms with Crippen molar-refractivity contribution in [2.75, 3.05) is 16.0 Å². The Morgan fingerprint density at radius 3 is 2.58 bits per heavy atom. The molecule has 5 rings (SSSR count). The molecule has 10 heteroatoms. The molecule has 0 bridgehead atoms. The Morgan fingerprint density at radius 2 is 1.79 bits per heavy atom. The van der Waals surface area contributed by atoms with Crippen molar-refractivity contribution in [2.24, 2.45) is 0 Å². The van der Waals surface area contributed by atoms with Crippen molar-refractivity contribution >= 4 is 50.6 Å². The van der Waals surface area contributed by atoms with E-state index in [0.29, 0.717) is 23.4 Å². The van der Waals surface area contributed by atoms with Gasteiger partial charge in [0.2, 0.25) is 5.95 Å². The van der Waals surface area contributed by atoms with Gasteiger partial charge in [-0.15, -0.1) is 11.3 Å². The lowest BCUT2D eigenvalue weighted by molar-refractivity contribution is -0.137. The van der Waals surface area contributed by atoms with E-state index in [1.807, 2.05) is 11.4 Å². The fourth-order valence-corrected chi connectivity index (χ4v) is 4.07. The lowest BCUT2D eigenvalue weighted by atomic mass is 10.1. The number of halogens is 3. The first kappa shape index (κ1) is 21.2. The number of amides is 1. The Labute approximate surface area is 190 Å². The average Bonchev–Trinajstić information content (AvgIpc) is 3.46. The number of fused-ring (bicyclic) bond motifs is 1. The zero-order chi connectivity index (χ0) is 23.0. The minimum atomic E-state index is -4.52. The summed E-state index contributed by atoms with van der Waals surface area (Å²) in [5.74, 6) is 0.560. The summed E-state index contributed by atoms with van der Waals surface area (Å²) in [5.41, 5.74) is 0.932. The summed E-state index contributed by atoms with van der Waals surface area (Å²) in [5, 5.41) is 11.2. The molecular weight excluding hydrogens is 451 g/mol. The molecule has 0 radical (unpaired) electrons. The summed E-state index contributed by atoms with van der Waals surface area (Å²) in [6, 6.07) is 13.5. The second-order valence-electron chi connectivity index (χ2n) is 7.69. The number of alkyl halides is 3. The molecule has 1 saturated carbocycles. The van der Waals surface area contributed by atoms with Gasteiger partial charge in [0.15, 0.2) is 0 Å². The van der Waals surface area contributed by atoms with Crippen LogP contribution in [0.4, 0.5) is 36.3 Å². The smallest absolute Gasteiger partial charge is 0.366 e. The Bertz CT molecular complexity index is 1330. The lowest BCUT2D eigenvalue weighted by Gasteiger charge is -2.12. The molecule has 1 amide bonds. The van der Waals surface area contributed by atoms with E-state index in [1.165, 1.54) is 12.1 Å². The van der Waals surface area contributed by atoms with Gasteiger partial charge >= 0.3 is 6.18 Å². The molecule has 4 aromatic rings. The summed E-state index contributed by atoms with van der Waals surface area (Å²) in [6.07, 6.45) is -2.28. The van der Waals surface area contributed by atoms with Gasteiger partial charge in [-0.25, -0.2) is 4.98 Å². The highest BCUT2D eigenvalue weighted by Crippen LogP contribution is 2.33. The molecular formula is C23H18F3N5OS. The maximum absolute atomic E-state index is 12.9. The third-order valence-electron chi connectivity index (χ3n) is 5.05. The fourth-order valence-electron chi connectivity index (χ4n) is 3.28. The normalized spacial score (nSPS) is 13.7. The van der Waals surface area contributed by atoms with E-state index in [2.05, 4.69) is 25.9 Å². The fraction of sp³-hybridized carbons (Fsp3) is 0.174. The van der Waals surface area contributed by atoms with E-state index in [-0.39, 0.29) is 5.56 Å². The number of nitrogens with one attached hydrogen (secondary N) is 3. The van der Waals surface area contributed by atoms with Crippen molar-refractivity contribution < 1.29 is 18.0 Å². The predicted octanol–water partition coefficient (Wildman–Crippen LogP) is 6.28. The summed E-state index contributed by atoms with van der Waals surface area (Å²) in [4.78, 5) is 21.6. The lowest BCUT2D eigenvalue weighted by Crippen LogP contribution is -2.14. The molecule has 0 aliphatic heterocycles. The van der Waals surface area contributed by atoms with Crippen LogP contribution < -0.4 is 16.0 Å². The Kier molecular flexibility index (Phi) is 5.37. The first-order chi connectivity index (χ1) is 15.8. The molecule has 1 fully saturated rings. The maximum atomic E-state index is 12.9. The number of benzene rings is 2.